The molecule has 2 aromatic rings. The van der Waals surface area contributed by atoms with Gasteiger partial charge in [0, 0.05) is 0 Å². The first-order chi connectivity index (χ1) is 13.1. The van der Waals surface area contributed by atoms with Crippen molar-refractivity contribution in [3.8, 4) is 11.5 Å². The van der Waals surface area contributed by atoms with E-state index in [0.29, 0.717) is 11.7 Å². The van der Waals surface area contributed by atoms with Gasteiger partial charge >= 0.3 is 0 Å². The zero-order chi connectivity index (χ0) is 21.0. The molecular weight excluding hydrogens is 350 g/mol. The van der Waals surface area contributed by atoms with Crippen LogP contribution in [0.25, 0.3) is 0 Å². The molecule has 0 aromatic heterocycles. The molecule has 0 aliphatic heterocycles. The van der Waals surface area contributed by atoms with Crippen LogP contribution in [-0.4, -0.2) is 19.1 Å². The summed E-state index contributed by atoms with van der Waals surface area (Å²) < 4.78 is 11.4. The van der Waals surface area contributed by atoms with Crippen LogP contribution in [0, 0.1) is 20.8 Å². The van der Waals surface area contributed by atoms with Gasteiger partial charge in [-0.3, -0.25) is 4.79 Å². The first kappa shape index (κ1) is 21.8. The fourth-order valence-electron chi connectivity index (χ4n) is 3.26. The molecule has 0 fully saturated rings. The lowest BCUT2D eigenvalue weighted by Gasteiger charge is -2.23. The molecule has 0 aliphatic rings. The van der Waals surface area contributed by atoms with Crippen molar-refractivity contribution in [3.05, 3.63) is 58.1 Å². The van der Waals surface area contributed by atoms with Crippen molar-refractivity contribution in [1.82, 2.24) is 5.32 Å². The van der Waals surface area contributed by atoms with Crippen LogP contribution in [0.1, 0.15) is 67.5 Å². The number of hydrogen-bond acceptors (Lipinski definition) is 3. The first-order valence-corrected chi connectivity index (χ1v) is 9.86. The fourth-order valence-corrected chi connectivity index (χ4v) is 3.26. The largest absolute Gasteiger partial charge is 0.496 e. The second-order valence-corrected chi connectivity index (χ2v) is 7.84. The standard InChI is InChI=1S/C24H33NO3/c1-14(2)21-13-22(17(5)12-23(21)27-8)18(6)25-24(26)19(7)28-20-10-9-15(3)16(4)11-20/h9-14,18-19H,1-8H3,(H,25,26)/t18-,19+/m1/s1. The number of methoxy groups -OCH3 is 1. The smallest absolute Gasteiger partial charge is 0.261 e. The summed E-state index contributed by atoms with van der Waals surface area (Å²) in [5.41, 5.74) is 5.68. The highest BCUT2D eigenvalue weighted by molar-refractivity contribution is 5.81. The summed E-state index contributed by atoms with van der Waals surface area (Å²) in [5, 5.41) is 3.08. The number of ether oxygens (including phenoxy) is 2. The highest BCUT2D eigenvalue weighted by Gasteiger charge is 2.20. The summed E-state index contributed by atoms with van der Waals surface area (Å²) in [6.07, 6.45) is -0.576. The van der Waals surface area contributed by atoms with Crippen LogP contribution in [0.15, 0.2) is 30.3 Å². The molecule has 4 heteroatoms. The van der Waals surface area contributed by atoms with Gasteiger partial charge in [-0.1, -0.05) is 19.9 Å². The van der Waals surface area contributed by atoms with Gasteiger partial charge in [0.25, 0.3) is 5.91 Å². The zero-order valence-corrected chi connectivity index (χ0v) is 18.3. The number of carbonyl (C=O) groups excluding carboxylic acids is 1. The quantitative estimate of drug-likeness (QED) is 0.697. The first-order valence-electron chi connectivity index (χ1n) is 9.86. The van der Waals surface area contributed by atoms with Crippen LogP contribution >= 0.6 is 0 Å². The van der Waals surface area contributed by atoms with Crippen molar-refractivity contribution < 1.29 is 14.3 Å². The summed E-state index contributed by atoms with van der Waals surface area (Å²) in [4.78, 5) is 12.7. The van der Waals surface area contributed by atoms with Gasteiger partial charge in [-0.05, 0) is 92.6 Å². The van der Waals surface area contributed by atoms with Crippen LogP contribution in [0.5, 0.6) is 11.5 Å². The number of benzene rings is 2. The minimum atomic E-state index is -0.576. The number of carbonyl (C=O) groups is 1. The Morgan fingerprint density at radius 1 is 0.893 bits per heavy atom. The second-order valence-electron chi connectivity index (χ2n) is 7.84. The van der Waals surface area contributed by atoms with Crippen molar-refractivity contribution >= 4 is 5.91 Å². The van der Waals surface area contributed by atoms with Crippen LogP contribution in [0.4, 0.5) is 0 Å². The van der Waals surface area contributed by atoms with E-state index in [1.165, 1.54) is 5.56 Å². The number of aryl methyl sites for hydroxylation is 3. The predicted octanol–water partition coefficient (Wildman–Crippen LogP) is 5.39. The Labute approximate surface area is 169 Å². The average Bonchev–Trinajstić information content (AvgIpc) is 2.63. The maximum Gasteiger partial charge on any atom is 0.261 e. The molecule has 0 spiro atoms. The third-order valence-electron chi connectivity index (χ3n) is 5.23. The molecule has 0 radical (unpaired) electrons. The Bertz CT molecular complexity index is 842. The molecule has 28 heavy (non-hydrogen) atoms. The predicted molar refractivity (Wildman–Crippen MR) is 114 cm³/mol. The maximum absolute atomic E-state index is 12.7. The molecule has 0 bridgehead atoms. The average molecular weight is 384 g/mol. The Morgan fingerprint density at radius 3 is 2.14 bits per heavy atom. The van der Waals surface area contributed by atoms with Crippen molar-refractivity contribution in [3.63, 3.8) is 0 Å². The molecule has 152 valence electrons. The van der Waals surface area contributed by atoms with Gasteiger partial charge in [0.15, 0.2) is 6.10 Å². The van der Waals surface area contributed by atoms with Crippen molar-refractivity contribution in [2.24, 2.45) is 0 Å². The van der Waals surface area contributed by atoms with Gasteiger partial charge in [0.1, 0.15) is 11.5 Å². The normalized spacial score (nSPS) is 13.2. The zero-order valence-electron chi connectivity index (χ0n) is 18.3. The van der Waals surface area contributed by atoms with Crippen molar-refractivity contribution in [2.45, 2.75) is 66.5 Å². The molecule has 4 nitrogen and oxygen atoms in total. The van der Waals surface area contributed by atoms with E-state index in [1.54, 1.807) is 14.0 Å². The number of hydrogen-bond donors (Lipinski definition) is 1. The molecular formula is C24H33NO3. The SMILES string of the molecule is COc1cc(C)c([C@@H](C)NC(=O)[C@H](C)Oc2ccc(C)c(C)c2)cc1C(C)C. The fraction of sp³-hybridized carbons (Fsp3) is 0.458. The van der Waals surface area contributed by atoms with Gasteiger partial charge in [0.05, 0.1) is 13.2 Å². The molecule has 1 amide bonds. The summed E-state index contributed by atoms with van der Waals surface area (Å²) in [6, 6.07) is 9.93. The molecule has 1 N–H and O–H groups in total. The van der Waals surface area contributed by atoms with Crippen LogP contribution in [0.3, 0.4) is 0 Å². The molecule has 0 saturated heterocycles. The summed E-state index contributed by atoms with van der Waals surface area (Å²) in [5.74, 6) is 1.80. The number of amides is 1. The second kappa shape index (κ2) is 9.13. The highest BCUT2D eigenvalue weighted by atomic mass is 16.5. The van der Waals surface area contributed by atoms with Gasteiger partial charge in [-0.15, -0.1) is 0 Å². The Morgan fingerprint density at radius 2 is 1.57 bits per heavy atom. The number of nitrogens with one attached hydrogen (secondary N) is 1. The van der Waals surface area contributed by atoms with E-state index in [1.807, 2.05) is 45.0 Å². The van der Waals surface area contributed by atoms with E-state index in [0.717, 1.165) is 28.0 Å². The third-order valence-corrected chi connectivity index (χ3v) is 5.23. The maximum atomic E-state index is 12.7. The van der Waals surface area contributed by atoms with Crippen LogP contribution in [0.2, 0.25) is 0 Å². The monoisotopic (exact) mass is 383 g/mol. The van der Waals surface area contributed by atoms with E-state index < -0.39 is 6.10 Å². The molecule has 0 aliphatic carbocycles. The summed E-state index contributed by atoms with van der Waals surface area (Å²) in [7, 11) is 1.69. The minimum absolute atomic E-state index is 0.123. The highest BCUT2D eigenvalue weighted by Crippen LogP contribution is 2.32. The van der Waals surface area contributed by atoms with E-state index in [-0.39, 0.29) is 11.9 Å². The third kappa shape index (κ3) is 5.06. The van der Waals surface area contributed by atoms with Crippen molar-refractivity contribution in [2.75, 3.05) is 7.11 Å². The lowest BCUT2D eigenvalue weighted by molar-refractivity contribution is -0.127. The molecule has 0 heterocycles. The summed E-state index contributed by atoms with van der Waals surface area (Å²) in [6.45, 7) is 14.2. The summed E-state index contributed by atoms with van der Waals surface area (Å²) >= 11 is 0. The molecule has 0 unspecified atom stereocenters. The van der Waals surface area contributed by atoms with Gasteiger partial charge < -0.3 is 14.8 Å². The lowest BCUT2D eigenvalue weighted by Crippen LogP contribution is -2.38. The Kier molecular flexibility index (Phi) is 7.11. The Balaban J connectivity index is 2.12. The van der Waals surface area contributed by atoms with Gasteiger partial charge in [0.2, 0.25) is 0 Å². The van der Waals surface area contributed by atoms with Crippen molar-refractivity contribution in [1.29, 1.82) is 0 Å². The van der Waals surface area contributed by atoms with E-state index in [4.69, 9.17) is 9.47 Å². The van der Waals surface area contributed by atoms with E-state index in [2.05, 4.69) is 32.2 Å². The minimum Gasteiger partial charge on any atom is -0.496 e. The molecule has 2 aromatic carbocycles. The van der Waals surface area contributed by atoms with Crippen LogP contribution < -0.4 is 14.8 Å². The molecule has 0 saturated carbocycles. The Hall–Kier alpha value is -2.49. The molecule has 2 atom stereocenters. The van der Waals surface area contributed by atoms with Crippen LogP contribution in [-0.2, 0) is 4.79 Å². The molecule has 2 rings (SSSR count). The van der Waals surface area contributed by atoms with E-state index in [9.17, 15) is 4.79 Å². The topological polar surface area (TPSA) is 47.6 Å². The van der Waals surface area contributed by atoms with Gasteiger partial charge in [-0.25, -0.2) is 0 Å². The van der Waals surface area contributed by atoms with E-state index >= 15 is 0 Å². The van der Waals surface area contributed by atoms with Gasteiger partial charge in [-0.2, -0.15) is 0 Å². The lowest BCUT2D eigenvalue weighted by atomic mass is 9.93. The number of rotatable bonds is 7.